The van der Waals surface area contributed by atoms with E-state index in [1.165, 1.54) is 0 Å². The van der Waals surface area contributed by atoms with Crippen molar-refractivity contribution in [3.63, 3.8) is 0 Å². The Hall–Kier alpha value is -0.610. The Labute approximate surface area is 96.8 Å². The van der Waals surface area contributed by atoms with Crippen LogP contribution in [0.1, 0.15) is 32.6 Å². The van der Waals surface area contributed by atoms with Gasteiger partial charge in [-0.25, -0.2) is 0 Å². The van der Waals surface area contributed by atoms with Gasteiger partial charge in [0.05, 0.1) is 12.6 Å². The second kappa shape index (κ2) is 4.72. The summed E-state index contributed by atoms with van der Waals surface area (Å²) in [5.41, 5.74) is 0.295. The molecule has 1 amide bonds. The molecule has 1 heterocycles. The molecular weight excluding hydrogens is 204 g/mol. The number of carbonyl (C=O) groups excluding carboxylic acids is 1. The van der Waals surface area contributed by atoms with Crippen molar-refractivity contribution >= 4 is 5.91 Å². The highest BCUT2D eigenvalue weighted by Gasteiger charge is 2.57. The molecule has 1 aliphatic heterocycles. The molecule has 2 atom stereocenters. The number of piperidine rings is 1. The van der Waals surface area contributed by atoms with E-state index in [1.807, 2.05) is 6.92 Å². The summed E-state index contributed by atoms with van der Waals surface area (Å²) in [5, 5.41) is 15.3. The van der Waals surface area contributed by atoms with Gasteiger partial charge in [0.25, 0.3) is 0 Å². The van der Waals surface area contributed by atoms with Crippen LogP contribution >= 0.6 is 0 Å². The van der Waals surface area contributed by atoms with Crippen molar-refractivity contribution in [2.24, 2.45) is 11.3 Å². The lowest BCUT2D eigenvalue weighted by molar-refractivity contribution is -0.124. The van der Waals surface area contributed by atoms with Crippen molar-refractivity contribution in [2.75, 3.05) is 19.7 Å². The maximum atomic E-state index is 12.0. The molecule has 3 N–H and O–H groups in total. The van der Waals surface area contributed by atoms with Crippen molar-refractivity contribution in [3.05, 3.63) is 0 Å². The summed E-state index contributed by atoms with van der Waals surface area (Å²) in [6.07, 6.45) is 4.09. The first-order chi connectivity index (χ1) is 7.72. The van der Waals surface area contributed by atoms with E-state index >= 15 is 0 Å². The third-order valence-corrected chi connectivity index (χ3v) is 4.17. The predicted octanol–water partition coefficient (Wildman–Crippen LogP) is 0.263. The molecule has 0 aromatic heterocycles. The lowest BCUT2D eigenvalue weighted by Crippen LogP contribution is -2.40. The van der Waals surface area contributed by atoms with Crippen LogP contribution in [0.4, 0.5) is 0 Å². The summed E-state index contributed by atoms with van der Waals surface area (Å²) >= 11 is 0. The van der Waals surface area contributed by atoms with E-state index < -0.39 is 0 Å². The molecule has 2 rings (SSSR count). The van der Waals surface area contributed by atoms with Crippen LogP contribution < -0.4 is 10.6 Å². The van der Waals surface area contributed by atoms with E-state index in [9.17, 15) is 4.79 Å². The fraction of sp³-hybridized carbons (Fsp3) is 0.917. The third kappa shape index (κ3) is 2.23. The maximum absolute atomic E-state index is 12.0. The quantitative estimate of drug-likeness (QED) is 0.644. The Morgan fingerprint density at radius 1 is 1.56 bits per heavy atom. The minimum absolute atomic E-state index is 0.0452. The number of carbonyl (C=O) groups is 1. The van der Waals surface area contributed by atoms with E-state index in [0.717, 1.165) is 38.8 Å². The largest absolute Gasteiger partial charge is 0.394 e. The van der Waals surface area contributed by atoms with Crippen LogP contribution in [-0.4, -0.2) is 36.8 Å². The Morgan fingerprint density at radius 3 is 2.81 bits per heavy atom. The molecule has 2 unspecified atom stereocenters. The van der Waals surface area contributed by atoms with Crippen LogP contribution in [0, 0.1) is 11.3 Å². The van der Waals surface area contributed by atoms with Crippen molar-refractivity contribution in [1.82, 2.24) is 10.6 Å². The molecule has 0 aromatic rings. The van der Waals surface area contributed by atoms with Crippen LogP contribution in [-0.2, 0) is 4.79 Å². The first-order valence-electron chi connectivity index (χ1n) is 6.34. The number of hydrogen-bond acceptors (Lipinski definition) is 3. The van der Waals surface area contributed by atoms with Gasteiger partial charge in [-0.3, -0.25) is 4.79 Å². The highest BCUT2D eigenvalue weighted by atomic mass is 16.3. The highest BCUT2D eigenvalue weighted by molar-refractivity contribution is 5.82. The number of rotatable bonds is 4. The molecule has 0 bridgehead atoms. The summed E-state index contributed by atoms with van der Waals surface area (Å²) in [6, 6.07) is -0.0631. The second-order valence-electron chi connectivity index (χ2n) is 5.17. The smallest absolute Gasteiger partial charge is 0.223 e. The number of aliphatic hydroxyl groups is 1. The van der Waals surface area contributed by atoms with Gasteiger partial charge in [-0.1, -0.05) is 6.92 Å². The minimum Gasteiger partial charge on any atom is -0.394 e. The van der Waals surface area contributed by atoms with Crippen LogP contribution in [0.15, 0.2) is 0 Å². The topological polar surface area (TPSA) is 61.4 Å². The first kappa shape index (κ1) is 11.9. The number of aliphatic hydroxyl groups excluding tert-OH is 1. The Morgan fingerprint density at radius 2 is 2.25 bits per heavy atom. The molecule has 92 valence electrons. The molecule has 0 aromatic carbocycles. The van der Waals surface area contributed by atoms with Gasteiger partial charge in [-0.2, -0.15) is 0 Å². The van der Waals surface area contributed by atoms with E-state index in [-0.39, 0.29) is 24.5 Å². The van der Waals surface area contributed by atoms with Crippen molar-refractivity contribution in [1.29, 1.82) is 0 Å². The molecule has 4 heteroatoms. The number of hydrogen-bond donors (Lipinski definition) is 3. The van der Waals surface area contributed by atoms with E-state index in [0.29, 0.717) is 5.41 Å². The van der Waals surface area contributed by atoms with Gasteiger partial charge in [0.2, 0.25) is 5.91 Å². The highest BCUT2D eigenvalue weighted by Crippen LogP contribution is 2.58. The molecule has 2 fully saturated rings. The first-order valence-corrected chi connectivity index (χ1v) is 6.34. The van der Waals surface area contributed by atoms with E-state index in [1.54, 1.807) is 0 Å². The monoisotopic (exact) mass is 226 g/mol. The van der Waals surface area contributed by atoms with Crippen LogP contribution in [0.2, 0.25) is 0 Å². The minimum atomic E-state index is -0.0631. The molecule has 4 nitrogen and oxygen atoms in total. The summed E-state index contributed by atoms with van der Waals surface area (Å²) in [4.78, 5) is 12.0. The standard InChI is InChI=1S/C12H22N2O2/c1-2-9(8-15)14-11(16)10-7-12(10)3-5-13-6-4-12/h9-10,13,15H,2-8H2,1H3,(H,14,16). The van der Waals surface area contributed by atoms with Gasteiger partial charge < -0.3 is 15.7 Å². The zero-order valence-electron chi connectivity index (χ0n) is 9.96. The van der Waals surface area contributed by atoms with Crippen molar-refractivity contribution in [3.8, 4) is 0 Å². The molecule has 1 saturated carbocycles. The average Bonchev–Trinajstić information content (AvgIpc) is 3.00. The number of nitrogens with one attached hydrogen (secondary N) is 2. The lowest BCUT2D eigenvalue weighted by atomic mass is 9.91. The van der Waals surface area contributed by atoms with E-state index in [4.69, 9.17) is 5.11 Å². The molecule has 16 heavy (non-hydrogen) atoms. The van der Waals surface area contributed by atoms with Crippen LogP contribution in [0.25, 0.3) is 0 Å². The molecule has 1 aliphatic carbocycles. The van der Waals surface area contributed by atoms with Crippen LogP contribution in [0.5, 0.6) is 0 Å². The average molecular weight is 226 g/mol. The van der Waals surface area contributed by atoms with Gasteiger partial charge in [0, 0.05) is 5.92 Å². The normalized spacial score (nSPS) is 28.8. The SMILES string of the molecule is CCC(CO)NC(=O)C1CC12CCNCC2. The van der Waals surface area contributed by atoms with E-state index in [2.05, 4.69) is 10.6 Å². The fourth-order valence-corrected chi connectivity index (χ4v) is 2.77. The second-order valence-corrected chi connectivity index (χ2v) is 5.17. The molecule has 1 saturated heterocycles. The molecular formula is C12H22N2O2. The van der Waals surface area contributed by atoms with Crippen molar-refractivity contribution < 1.29 is 9.90 Å². The zero-order valence-corrected chi connectivity index (χ0v) is 9.96. The Balaban J connectivity index is 1.83. The Kier molecular flexibility index (Phi) is 3.50. The maximum Gasteiger partial charge on any atom is 0.223 e. The summed E-state index contributed by atoms with van der Waals surface area (Å²) < 4.78 is 0. The summed E-state index contributed by atoms with van der Waals surface area (Å²) in [5.74, 6) is 0.359. The zero-order chi connectivity index (χ0) is 11.6. The molecule has 1 spiro atoms. The van der Waals surface area contributed by atoms with Gasteiger partial charge in [0.15, 0.2) is 0 Å². The fourth-order valence-electron chi connectivity index (χ4n) is 2.77. The van der Waals surface area contributed by atoms with Gasteiger partial charge in [-0.05, 0) is 44.2 Å². The molecule has 0 radical (unpaired) electrons. The molecule has 2 aliphatic rings. The lowest BCUT2D eigenvalue weighted by Gasteiger charge is -2.23. The summed E-state index contributed by atoms with van der Waals surface area (Å²) in [6.45, 7) is 4.11. The van der Waals surface area contributed by atoms with Gasteiger partial charge >= 0.3 is 0 Å². The van der Waals surface area contributed by atoms with Gasteiger partial charge in [-0.15, -0.1) is 0 Å². The van der Waals surface area contributed by atoms with Crippen molar-refractivity contribution in [2.45, 2.75) is 38.6 Å². The summed E-state index contributed by atoms with van der Waals surface area (Å²) in [7, 11) is 0. The Bertz CT molecular complexity index is 258. The van der Waals surface area contributed by atoms with Gasteiger partial charge in [0.1, 0.15) is 0 Å². The predicted molar refractivity (Wildman–Crippen MR) is 62.0 cm³/mol. The third-order valence-electron chi connectivity index (χ3n) is 4.17. The number of amides is 1. The van der Waals surface area contributed by atoms with Crippen LogP contribution in [0.3, 0.4) is 0 Å².